The molecule has 0 fully saturated rings. The van der Waals surface area contributed by atoms with Gasteiger partial charge in [0.25, 0.3) is 0 Å². The molecule has 0 bridgehead atoms. The van der Waals surface area contributed by atoms with Gasteiger partial charge in [0.05, 0.1) is 74.3 Å². The molecular formula is C95H98F6N6O15. The molecule has 10 atom stereocenters. The number of esters is 2. The summed E-state index contributed by atoms with van der Waals surface area (Å²) in [6.07, 6.45) is 12.8. The molecule has 8 aromatic rings. The monoisotopic (exact) mass is 1680 g/mol. The van der Waals surface area contributed by atoms with Crippen molar-refractivity contribution >= 4 is 41.3 Å². The van der Waals surface area contributed by atoms with Crippen molar-refractivity contribution in [3.8, 4) is 49.4 Å². The molecule has 0 spiro atoms. The van der Waals surface area contributed by atoms with Crippen molar-refractivity contribution in [2.75, 3.05) is 14.2 Å². The standard InChI is InChI=1S/C21H21NO3.C21H20O4.C19H23NO2.2C17H17F3N2O3/c1-2-6-18(21(22)25)19(23)14-11-15-9-12-17(13-10-15)20(24)16-7-4-3-5-8-16;1-2-6-18(21(24)25)19(22)14-11-15-9-12-17(13-10-15)20(23)16-7-4-3-5-8-16;20-19(22)17(13-11-15-7-3-1-4-8-15)18(21)14-12-16-9-5-2-6-10-16;2*1-3-4-13(15(24)25-2)14(23)10-7-11-5-8-12(9-6-11)16(21-22-16)17(18,19)20/h1,3-5,7-10,12-13,18-19,23H,6,11,14H2,(H2,22,25);1,3-5,7-10,12-13,18-19,22H,6,11,14H2,(H,24,25);1-10,17-18,21H,11-14H2,(H2,20,22);2*1,5-6,8-9,13-14,23H,4,7,10H2,2H3/t;;17-,18-;2*13-,14-/m..111/s1. The average Bonchev–Trinajstić information content (AvgIpc) is 1.59. The lowest BCUT2D eigenvalue weighted by Gasteiger charge is -2.20. The van der Waals surface area contributed by atoms with Gasteiger partial charge in [0.2, 0.25) is 11.8 Å². The van der Waals surface area contributed by atoms with Crippen LogP contribution in [0, 0.1) is 79.0 Å². The number of carbonyl (C=O) groups excluding carboxylic acids is 6. The lowest BCUT2D eigenvalue weighted by molar-refractivity contribution is -0.166. The number of carboxylic acid groups (broad SMARTS) is 1. The fraction of sp³-hybridized carbons (Fsp3) is 0.337. The van der Waals surface area contributed by atoms with Crippen molar-refractivity contribution in [2.24, 2.45) is 61.5 Å². The van der Waals surface area contributed by atoms with Crippen LogP contribution >= 0.6 is 0 Å². The minimum Gasteiger partial charge on any atom is -0.481 e. The highest BCUT2D eigenvalue weighted by atomic mass is 19.4. The number of ether oxygens (including phenoxy) is 2. The number of ketones is 2. The number of benzene rings is 8. The first kappa shape index (κ1) is 98.1. The van der Waals surface area contributed by atoms with E-state index in [0.29, 0.717) is 84.7 Å². The molecule has 0 saturated carbocycles. The Morgan fingerprint density at radius 2 is 0.574 bits per heavy atom. The number of carbonyl (C=O) groups is 7. The molecule has 0 aliphatic carbocycles. The summed E-state index contributed by atoms with van der Waals surface area (Å²) in [7, 11) is 2.42. The van der Waals surface area contributed by atoms with Crippen LogP contribution in [0.3, 0.4) is 0 Å². The Kier molecular flexibility index (Phi) is 39.0. The average molecular weight is 1680 g/mol. The number of hydrogen-bond donors (Lipinski definition) is 8. The molecule has 27 heteroatoms. The van der Waals surface area contributed by atoms with Gasteiger partial charge in [-0.15, -0.1) is 69.8 Å². The number of nitrogens with zero attached hydrogens (tertiary/aromatic N) is 4. The Bertz CT molecular complexity index is 4650. The number of hydrogen-bond acceptors (Lipinski definition) is 18. The Morgan fingerprint density at radius 1 is 0.344 bits per heavy atom. The number of terminal acetylenes is 4. The highest BCUT2D eigenvalue weighted by Crippen LogP contribution is 2.53. The number of methoxy groups -OCH3 is 2. The van der Waals surface area contributed by atoms with E-state index in [2.05, 4.69) is 53.6 Å². The van der Waals surface area contributed by atoms with Crippen molar-refractivity contribution < 1.29 is 100 Å². The fourth-order valence-corrected chi connectivity index (χ4v) is 12.9. The summed E-state index contributed by atoms with van der Waals surface area (Å²) >= 11 is 0. The molecule has 2 amide bonds. The van der Waals surface area contributed by atoms with E-state index in [4.69, 9.17) is 42.3 Å². The largest absolute Gasteiger partial charge is 0.481 e. The number of rotatable bonds is 38. The number of alkyl halides is 6. The molecule has 0 aromatic heterocycles. The maximum Gasteiger partial charge on any atom is 0.442 e. The number of carboxylic acids is 1. The first-order chi connectivity index (χ1) is 58.2. The summed E-state index contributed by atoms with van der Waals surface area (Å²) in [5, 5.41) is 72.4. The third-order valence-electron chi connectivity index (χ3n) is 20.4. The van der Waals surface area contributed by atoms with E-state index >= 15 is 0 Å². The van der Waals surface area contributed by atoms with E-state index < -0.39 is 114 Å². The van der Waals surface area contributed by atoms with Crippen molar-refractivity contribution in [3.63, 3.8) is 0 Å². The number of aliphatic hydroxyl groups is 5. The lowest BCUT2D eigenvalue weighted by Crippen LogP contribution is -2.34. The molecule has 0 radical (unpaired) electrons. The van der Waals surface area contributed by atoms with E-state index in [1.807, 2.05) is 121 Å². The molecule has 10 rings (SSSR count). The molecule has 4 unspecified atom stereocenters. The smallest absolute Gasteiger partial charge is 0.442 e. The molecule has 2 heterocycles. The van der Waals surface area contributed by atoms with Gasteiger partial charge < -0.3 is 51.6 Å². The van der Waals surface area contributed by atoms with Gasteiger partial charge >= 0.3 is 41.6 Å². The van der Waals surface area contributed by atoms with Gasteiger partial charge in [0.15, 0.2) is 11.6 Å². The minimum absolute atomic E-state index is 0.00101. The summed E-state index contributed by atoms with van der Waals surface area (Å²) in [5.41, 5.74) is 13.9. The van der Waals surface area contributed by atoms with Crippen LogP contribution in [-0.4, -0.2) is 129 Å². The first-order valence-electron chi connectivity index (χ1n) is 39.0. The summed E-state index contributed by atoms with van der Waals surface area (Å²) in [6, 6.07) is 63.7. The van der Waals surface area contributed by atoms with Crippen molar-refractivity contribution in [2.45, 2.75) is 157 Å². The number of amides is 2. The topological polar surface area (TPSA) is 361 Å². The van der Waals surface area contributed by atoms with Crippen molar-refractivity contribution in [3.05, 3.63) is 285 Å². The zero-order chi connectivity index (χ0) is 89.6. The molecule has 8 aromatic carbocycles. The molecular weight excluding hydrogens is 1580 g/mol. The van der Waals surface area contributed by atoms with Crippen LogP contribution in [0.2, 0.25) is 0 Å². The quantitative estimate of drug-likeness (QED) is 0.00771. The van der Waals surface area contributed by atoms with E-state index in [0.717, 1.165) is 35.1 Å². The van der Waals surface area contributed by atoms with Crippen LogP contribution in [0.5, 0.6) is 0 Å². The fourth-order valence-electron chi connectivity index (χ4n) is 12.9. The van der Waals surface area contributed by atoms with Gasteiger partial charge in [-0.2, -0.15) is 26.3 Å². The maximum atomic E-state index is 12.9. The third-order valence-corrected chi connectivity index (χ3v) is 20.4. The molecule has 2 aliphatic heterocycles. The summed E-state index contributed by atoms with van der Waals surface area (Å²) in [5.74, 6) is 2.09. The SMILES string of the molecule is C#CCC(C(=O)O)C(O)CCc1ccc(C(=O)c2ccccc2)cc1.C#CCC(C(N)=O)C(O)CCc1ccc(C(=O)c2ccccc2)cc1.C#CC[C@@H](C(=O)OC)[C@H](O)CCc1ccc(C2(C(F)(F)F)N=N2)cc1.C#CC[C@@H](C(=O)OC)[C@H](O)CCc1ccc(C2(C(F)(F)F)N=N2)cc1.NC(=O)[C@H](CCc1ccccc1)[C@H](O)CCc1ccccc1. The van der Waals surface area contributed by atoms with Crippen molar-refractivity contribution in [1.82, 2.24) is 0 Å². The van der Waals surface area contributed by atoms with Crippen LogP contribution < -0.4 is 11.5 Å². The van der Waals surface area contributed by atoms with E-state index in [1.54, 1.807) is 48.5 Å². The van der Waals surface area contributed by atoms with Gasteiger partial charge in [-0.05, 0) is 110 Å². The van der Waals surface area contributed by atoms with Gasteiger partial charge in [-0.3, -0.25) is 33.6 Å². The van der Waals surface area contributed by atoms with Crippen LogP contribution in [0.1, 0.15) is 141 Å². The molecule has 21 nitrogen and oxygen atoms in total. The third kappa shape index (κ3) is 29.9. The Morgan fingerprint density at radius 3 is 0.836 bits per heavy atom. The molecule has 0 saturated heterocycles. The number of halogens is 6. The van der Waals surface area contributed by atoms with E-state index in [9.17, 15) is 85.4 Å². The van der Waals surface area contributed by atoms with Gasteiger partial charge in [-0.1, -0.05) is 218 Å². The summed E-state index contributed by atoms with van der Waals surface area (Å²) < 4.78 is 86.8. The predicted molar refractivity (Wildman–Crippen MR) is 445 cm³/mol. The van der Waals surface area contributed by atoms with Crippen LogP contribution in [0.4, 0.5) is 26.3 Å². The van der Waals surface area contributed by atoms with Gasteiger partial charge in [0.1, 0.15) is 0 Å². The Balaban J connectivity index is 0.000000236. The van der Waals surface area contributed by atoms with Crippen LogP contribution in [0.25, 0.3) is 0 Å². The second-order valence-electron chi connectivity index (χ2n) is 28.8. The van der Waals surface area contributed by atoms with Crippen LogP contribution in [0.15, 0.2) is 239 Å². The number of aryl methyl sites for hydroxylation is 6. The van der Waals surface area contributed by atoms with E-state index in [1.165, 1.54) is 62.8 Å². The predicted octanol–water partition coefficient (Wildman–Crippen LogP) is 13.9. The lowest BCUT2D eigenvalue weighted by atomic mass is 9.90. The number of aliphatic carboxylic acids is 1. The number of primary amides is 2. The zero-order valence-electron chi connectivity index (χ0n) is 67.3. The van der Waals surface area contributed by atoms with Crippen molar-refractivity contribution in [1.29, 1.82) is 0 Å². The molecule has 122 heavy (non-hydrogen) atoms. The molecule has 2 aliphatic rings. The second-order valence-corrected chi connectivity index (χ2v) is 28.8. The second kappa shape index (κ2) is 48.5. The normalized spacial score (nSPS) is 14.8. The highest BCUT2D eigenvalue weighted by molar-refractivity contribution is 6.09. The first-order valence-corrected chi connectivity index (χ1v) is 39.0. The highest BCUT2D eigenvalue weighted by Gasteiger charge is 2.66. The number of aliphatic hydroxyl groups excluding tert-OH is 5. The molecule has 10 N–H and O–H groups in total. The maximum absolute atomic E-state index is 12.9. The Hall–Kier alpha value is -12.7. The summed E-state index contributed by atoms with van der Waals surface area (Å²) in [4.78, 5) is 82.0. The Labute approximate surface area is 705 Å². The minimum atomic E-state index is -4.56. The van der Waals surface area contributed by atoms with Gasteiger partial charge in [0, 0.05) is 59.1 Å². The zero-order valence-corrected chi connectivity index (χ0v) is 67.3. The van der Waals surface area contributed by atoms with Crippen LogP contribution in [-0.2, 0) is 83.3 Å². The van der Waals surface area contributed by atoms with E-state index in [-0.39, 0.29) is 61.2 Å². The number of nitrogens with two attached hydrogens (primary N) is 2. The summed E-state index contributed by atoms with van der Waals surface area (Å²) in [6.45, 7) is 0. The van der Waals surface area contributed by atoms with Gasteiger partial charge in [-0.25, -0.2) is 0 Å². The molecule has 640 valence electrons.